The van der Waals surface area contributed by atoms with Gasteiger partial charge in [-0.15, -0.1) is 0 Å². The molecule has 2 amide bonds. The fourth-order valence-corrected chi connectivity index (χ4v) is 2.77. The number of nitrogens with one attached hydrogen (secondary N) is 2. The minimum absolute atomic E-state index is 0.0651. The van der Waals surface area contributed by atoms with Gasteiger partial charge in [0.25, 0.3) is 11.8 Å². The summed E-state index contributed by atoms with van der Waals surface area (Å²) in [7, 11) is 3.75. The molecule has 0 saturated heterocycles. The molecule has 2 rings (SSSR count). The van der Waals surface area contributed by atoms with Crippen LogP contribution in [0.2, 0.25) is 0 Å². The van der Waals surface area contributed by atoms with E-state index < -0.39 is 23.8 Å². The first kappa shape index (κ1) is 24.9. The van der Waals surface area contributed by atoms with Gasteiger partial charge >= 0.3 is 5.97 Å². The third-order valence-electron chi connectivity index (χ3n) is 4.04. The Morgan fingerprint density at radius 1 is 1.20 bits per heavy atom. The number of carbonyl (C=O) groups excluding carboxylic acids is 4. The Labute approximate surface area is 174 Å². The van der Waals surface area contributed by atoms with Crippen molar-refractivity contribution in [2.45, 2.75) is 25.3 Å². The number of hydrogen-bond donors (Lipinski definition) is 3. The SMILES string of the molecule is CNC.O=CCCC(C=O)N1C(=O)c2cccc(NCCOCCC(=O)O)c2C1=O. The molecule has 1 aliphatic heterocycles. The van der Waals surface area contributed by atoms with E-state index in [-0.39, 0.29) is 43.6 Å². The minimum Gasteiger partial charge on any atom is -0.481 e. The molecule has 10 nitrogen and oxygen atoms in total. The molecule has 3 N–H and O–H groups in total. The fraction of sp³-hybridized carbons (Fsp3) is 0.450. The maximum Gasteiger partial charge on any atom is 0.305 e. The number of ether oxygens (including phenoxy) is 1. The van der Waals surface area contributed by atoms with Crippen molar-refractivity contribution in [3.63, 3.8) is 0 Å². The van der Waals surface area contributed by atoms with E-state index in [1.807, 2.05) is 14.1 Å². The number of carboxylic acids is 1. The summed E-state index contributed by atoms with van der Waals surface area (Å²) in [5.41, 5.74) is 0.788. The van der Waals surface area contributed by atoms with Crippen molar-refractivity contribution in [2.24, 2.45) is 0 Å². The van der Waals surface area contributed by atoms with Crippen molar-refractivity contribution in [1.29, 1.82) is 0 Å². The van der Waals surface area contributed by atoms with Crippen LogP contribution in [-0.2, 0) is 19.1 Å². The molecule has 0 saturated carbocycles. The molecule has 1 aromatic carbocycles. The highest BCUT2D eigenvalue weighted by Gasteiger charge is 2.41. The Morgan fingerprint density at radius 2 is 1.90 bits per heavy atom. The minimum atomic E-state index is -0.991. The molecule has 0 spiro atoms. The largest absolute Gasteiger partial charge is 0.481 e. The number of rotatable bonds is 12. The van der Waals surface area contributed by atoms with Crippen LogP contribution < -0.4 is 10.6 Å². The first-order valence-electron chi connectivity index (χ1n) is 9.44. The van der Waals surface area contributed by atoms with E-state index in [1.165, 1.54) is 6.07 Å². The summed E-state index contributed by atoms with van der Waals surface area (Å²) in [5.74, 6) is -2.11. The number of amides is 2. The van der Waals surface area contributed by atoms with Crippen molar-refractivity contribution >= 4 is 36.0 Å². The Bertz CT molecular complexity index is 767. The topological polar surface area (TPSA) is 142 Å². The fourth-order valence-electron chi connectivity index (χ4n) is 2.77. The number of imide groups is 1. The Balaban J connectivity index is 0.00000141. The van der Waals surface area contributed by atoms with Crippen LogP contribution >= 0.6 is 0 Å². The summed E-state index contributed by atoms with van der Waals surface area (Å²) >= 11 is 0. The number of benzene rings is 1. The van der Waals surface area contributed by atoms with Crippen LogP contribution in [0.25, 0.3) is 0 Å². The van der Waals surface area contributed by atoms with Gasteiger partial charge in [-0.05, 0) is 32.6 Å². The van der Waals surface area contributed by atoms with E-state index in [2.05, 4.69) is 10.6 Å². The van der Waals surface area contributed by atoms with Crippen LogP contribution in [0.5, 0.6) is 0 Å². The van der Waals surface area contributed by atoms with E-state index in [0.29, 0.717) is 24.8 Å². The van der Waals surface area contributed by atoms with Crippen LogP contribution in [0.3, 0.4) is 0 Å². The molecule has 1 heterocycles. The average Bonchev–Trinajstić information content (AvgIpc) is 2.97. The van der Waals surface area contributed by atoms with Gasteiger partial charge in [0.1, 0.15) is 12.6 Å². The molecule has 1 unspecified atom stereocenters. The number of hydrogen-bond acceptors (Lipinski definition) is 8. The smallest absolute Gasteiger partial charge is 0.305 e. The van der Waals surface area contributed by atoms with Crippen LogP contribution in [0.15, 0.2) is 18.2 Å². The van der Waals surface area contributed by atoms with Gasteiger partial charge in [0, 0.05) is 18.7 Å². The zero-order valence-corrected chi connectivity index (χ0v) is 17.1. The molecule has 1 aliphatic rings. The van der Waals surface area contributed by atoms with Crippen LogP contribution in [-0.4, -0.2) is 80.3 Å². The van der Waals surface area contributed by atoms with Crippen molar-refractivity contribution in [3.8, 4) is 0 Å². The monoisotopic (exact) mass is 421 g/mol. The molecule has 1 atom stereocenters. The molecule has 0 bridgehead atoms. The lowest BCUT2D eigenvalue weighted by molar-refractivity contribution is -0.138. The molecule has 164 valence electrons. The van der Waals surface area contributed by atoms with Crippen molar-refractivity contribution in [2.75, 3.05) is 39.2 Å². The summed E-state index contributed by atoms with van der Waals surface area (Å²) in [5, 5.41) is 14.3. The van der Waals surface area contributed by atoms with Crippen molar-refractivity contribution in [1.82, 2.24) is 10.2 Å². The molecular formula is C20H27N3O7. The molecule has 0 aromatic heterocycles. The second-order valence-corrected chi connectivity index (χ2v) is 6.34. The summed E-state index contributed by atoms with van der Waals surface area (Å²) in [6, 6.07) is 3.76. The zero-order chi connectivity index (χ0) is 22.5. The maximum atomic E-state index is 12.7. The van der Waals surface area contributed by atoms with E-state index in [9.17, 15) is 24.0 Å². The standard InChI is InChI=1S/C18H20N2O7.C2H7N/c21-8-2-3-12(11-22)20-17(25)13-4-1-5-14(16(13)18(20)26)19-7-10-27-9-6-15(23)24;1-3-2/h1,4-5,8,11-12,19H,2-3,6-7,9-10H2,(H,23,24);3H,1-2H3. The molecule has 0 radical (unpaired) electrons. The van der Waals surface area contributed by atoms with Gasteiger partial charge in [0.05, 0.1) is 36.8 Å². The normalized spacial score (nSPS) is 13.2. The summed E-state index contributed by atoms with van der Waals surface area (Å²) < 4.78 is 5.17. The van der Waals surface area contributed by atoms with Gasteiger partial charge in [0.2, 0.25) is 0 Å². The van der Waals surface area contributed by atoms with Crippen LogP contribution in [0.4, 0.5) is 5.69 Å². The molecule has 0 aliphatic carbocycles. The van der Waals surface area contributed by atoms with Crippen molar-refractivity contribution < 1.29 is 33.8 Å². The number of carbonyl (C=O) groups is 5. The third kappa shape index (κ3) is 6.75. The highest BCUT2D eigenvalue weighted by atomic mass is 16.5. The van der Waals surface area contributed by atoms with Gasteiger partial charge < -0.3 is 30.1 Å². The predicted molar refractivity (Wildman–Crippen MR) is 109 cm³/mol. The third-order valence-corrected chi connectivity index (χ3v) is 4.04. The molecule has 10 heteroatoms. The summed E-state index contributed by atoms with van der Waals surface area (Å²) in [6.45, 7) is 0.603. The first-order valence-corrected chi connectivity index (χ1v) is 9.44. The van der Waals surface area contributed by atoms with Gasteiger partial charge in [-0.2, -0.15) is 0 Å². The average molecular weight is 421 g/mol. The lowest BCUT2D eigenvalue weighted by Crippen LogP contribution is -2.41. The Hall–Kier alpha value is -3.11. The predicted octanol–water partition coefficient (Wildman–Crippen LogP) is 0.568. The maximum absolute atomic E-state index is 12.7. The summed E-state index contributed by atoms with van der Waals surface area (Å²) in [4.78, 5) is 58.4. The van der Waals surface area contributed by atoms with Gasteiger partial charge in [-0.3, -0.25) is 19.3 Å². The summed E-state index contributed by atoms with van der Waals surface area (Å²) in [6.07, 6.45) is 1.17. The lowest BCUT2D eigenvalue weighted by Gasteiger charge is -2.20. The number of aliphatic carboxylic acids is 1. The second kappa shape index (κ2) is 13.2. The number of fused-ring (bicyclic) bond motifs is 1. The Morgan fingerprint density at radius 3 is 2.50 bits per heavy atom. The van der Waals surface area contributed by atoms with Gasteiger partial charge in [-0.25, -0.2) is 0 Å². The van der Waals surface area contributed by atoms with E-state index in [1.54, 1.807) is 12.1 Å². The zero-order valence-electron chi connectivity index (χ0n) is 17.1. The van der Waals surface area contributed by atoms with Crippen LogP contribution in [0.1, 0.15) is 40.0 Å². The number of carboxylic acid groups (broad SMARTS) is 1. The van der Waals surface area contributed by atoms with Crippen molar-refractivity contribution in [3.05, 3.63) is 29.3 Å². The quantitative estimate of drug-likeness (QED) is 0.251. The lowest BCUT2D eigenvalue weighted by atomic mass is 10.1. The second-order valence-electron chi connectivity index (χ2n) is 6.34. The van der Waals surface area contributed by atoms with Gasteiger partial charge in [0.15, 0.2) is 0 Å². The highest BCUT2D eigenvalue weighted by molar-refractivity contribution is 6.24. The number of nitrogens with zero attached hydrogens (tertiary/aromatic N) is 1. The van der Waals surface area contributed by atoms with Gasteiger partial charge in [-0.1, -0.05) is 6.07 Å². The van der Waals surface area contributed by atoms with E-state index in [0.717, 1.165) is 4.90 Å². The number of aldehydes is 2. The highest BCUT2D eigenvalue weighted by Crippen LogP contribution is 2.31. The molecule has 30 heavy (non-hydrogen) atoms. The van der Waals surface area contributed by atoms with E-state index in [4.69, 9.17) is 9.84 Å². The van der Waals surface area contributed by atoms with Crippen LogP contribution in [0, 0.1) is 0 Å². The van der Waals surface area contributed by atoms with E-state index >= 15 is 0 Å². The first-order chi connectivity index (χ1) is 14.4. The Kier molecular flexibility index (Phi) is 10.9. The number of anilines is 1. The molecular weight excluding hydrogens is 394 g/mol. The molecule has 0 fully saturated rings. The molecule has 1 aromatic rings.